The van der Waals surface area contributed by atoms with E-state index in [1.165, 1.54) is 0 Å². The first-order chi connectivity index (χ1) is 4.81. The van der Waals surface area contributed by atoms with Gasteiger partial charge in [-0.15, -0.1) is 0 Å². The first-order valence-electron chi connectivity index (χ1n) is 3.78. The number of hydrogen-bond donors (Lipinski definition) is 0. The summed E-state index contributed by atoms with van der Waals surface area (Å²) in [5.41, 5.74) is 0. The average Bonchev–Trinajstić information content (AvgIpc) is 1.89. The van der Waals surface area contributed by atoms with Crippen molar-refractivity contribution >= 4 is 5.78 Å². The van der Waals surface area contributed by atoms with Crippen molar-refractivity contribution < 1.29 is 4.79 Å². The molecule has 0 N–H and O–H groups in total. The second-order valence-electron chi connectivity index (χ2n) is 2.20. The molecule has 0 aliphatic carbocycles. The molecule has 0 aliphatic heterocycles. The van der Waals surface area contributed by atoms with Gasteiger partial charge in [0.25, 0.3) is 0 Å². The van der Waals surface area contributed by atoms with Crippen LogP contribution in [-0.4, -0.2) is 5.78 Å². The van der Waals surface area contributed by atoms with Crippen molar-refractivity contribution in [3.63, 3.8) is 0 Å². The van der Waals surface area contributed by atoms with Gasteiger partial charge in [-0.2, -0.15) is 0 Å². The molecule has 1 nitrogen and oxygen atoms in total. The minimum absolute atomic E-state index is 0.229. The van der Waals surface area contributed by atoms with Crippen molar-refractivity contribution in [3.05, 3.63) is 18.6 Å². The Bertz CT molecular complexity index is 114. The molecule has 0 saturated carbocycles. The molecule has 0 aromatic rings. The third kappa shape index (κ3) is 5.54. The fourth-order valence-corrected chi connectivity index (χ4v) is 0.718. The van der Waals surface area contributed by atoms with Gasteiger partial charge in [-0.25, -0.2) is 0 Å². The zero-order valence-electron chi connectivity index (χ0n) is 6.76. The Morgan fingerprint density at radius 2 is 2.20 bits per heavy atom. The lowest BCUT2D eigenvalue weighted by atomic mass is 10.1. The first-order valence-corrected chi connectivity index (χ1v) is 3.78. The lowest BCUT2D eigenvalue weighted by molar-refractivity contribution is -0.114. The van der Waals surface area contributed by atoms with Gasteiger partial charge in [-0.3, -0.25) is 4.79 Å². The largest absolute Gasteiger partial charge is 0.295 e. The summed E-state index contributed by atoms with van der Waals surface area (Å²) < 4.78 is 0. The van der Waals surface area contributed by atoms with E-state index in [0.717, 1.165) is 12.8 Å². The highest BCUT2D eigenvalue weighted by Crippen LogP contribution is 1.98. The second kappa shape index (κ2) is 6.53. The molecule has 57 valence electrons. The number of allylic oxidation sites excluding steroid dienone is 2. The standard InChI is InChI=1S/C9H15O/c1-3-5-6-8-9(10)7-4-2/h4-5,7H,3,6,8H2,1-2H3. The first kappa shape index (κ1) is 9.41. The quantitative estimate of drug-likeness (QED) is 0.422. The van der Waals surface area contributed by atoms with E-state index in [9.17, 15) is 4.79 Å². The maximum absolute atomic E-state index is 10.8. The molecule has 1 radical (unpaired) electrons. The Labute approximate surface area is 63.1 Å². The van der Waals surface area contributed by atoms with Crippen LogP contribution in [-0.2, 0) is 4.79 Å². The molecule has 0 fully saturated rings. The van der Waals surface area contributed by atoms with Crippen LogP contribution < -0.4 is 0 Å². The van der Waals surface area contributed by atoms with E-state index in [2.05, 4.69) is 13.3 Å². The van der Waals surface area contributed by atoms with Gasteiger partial charge in [0.05, 0.1) is 0 Å². The summed E-state index contributed by atoms with van der Waals surface area (Å²) in [6.45, 7) is 3.95. The summed E-state index contributed by atoms with van der Waals surface area (Å²) in [5, 5.41) is 0. The van der Waals surface area contributed by atoms with Gasteiger partial charge in [0.1, 0.15) is 0 Å². The van der Waals surface area contributed by atoms with Crippen molar-refractivity contribution in [3.8, 4) is 0 Å². The van der Waals surface area contributed by atoms with Crippen LogP contribution in [0.4, 0.5) is 0 Å². The number of hydrogen-bond acceptors (Lipinski definition) is 1. The molecule has 0 unspecified atom stereocenters. The molecular weight excluding hydrogens is 124 g/mol. The number of unbranched alkanes of at least 4 members (excludes halogenated alkanes) is 2. The Hall–Kier alpha value is -0.590. The summed E-state index contributed by atoms with van der Waals surface area (Å²) in [6.07, 6.45) is 8.18. The Balaban J connectivity index is 3.22. The van der Waals surface area contributed by atoms with Crippen molar-refractivity contribution in [2.75, 3.05) is 0 Å². The van der Waals surface area contributed by atoms with Gasteiger partial charge in [0.15, 0.2) is 5.78 Å². The summed E-state index contributed by atoms with van der Waals surface area (Å²) in [4.78, 5) is 10.8. The average molecular weight is 139 g/mol. The Morgan fingerprint density at radius 3 is 2.70 bits per heavy atom. The van der Waals surface area contributed by atoms with Crippen LogP contribution in [0, 0.1) is 6.42 Å². The van der Waals surface area contributed by atoms with Crippen LogP contribution in [0.1, 0.15) is 33.1 Å². The number of ketones is 1. The molecule has 1 heteroatoms. The SMILES string of the molecule is CC=CC(=O)CC[CH]CC. The van der Waals surface area contributed by atoms with Gasteiger partial charge < -0.3 is 0 Å². The monoisotopic (exact) mass is 139 g/mol. The molecule has 10 heavy (non-hydrogen) atoms. The van der Waals surface area contributed by atoms with E-state index in [1.807, 2.05) is 6.92 Å². The smallest absolute Gasteiger partial charge is 0.155 e. The van der Waals surface area contributed by atoms with Gasteiger partial charge in [-0.1, -0.05) is 19.4 Å². The van der Waals surface area contributed by atoms with E-state index in [4.69, 9.17) is 0 Å². The van der Waals surface area contributed by atoms with Crippen LogP contribution in [0.3, 0.4) is 0 Å². The Kier molecular flexibility index (Phi) is 6.14. The number of rotatable bonds is 5. The van der Waals surface area contributed by atoms with Gasteiger partial charge in [0.2, 0.25) is 0 Å². The molecule has 0 saturated heterocycles. The molecule has 0 atom stereocenters. The Morgan fingerprint density at radius 1 is 1.50 bits per heavy atom. The highest BCUT2D eigenvalue weighted by molar-refractivity contribution is 5.89. The third-order valence-electron chi connectivity index (χ3n) is 1.24. The van der Waals surface area contributed by atoms with Gasteiger partial charge in [0, 0.05) is 6.42 Å². The predicted octanol–water partition coefficient (Wildman–Crippen LogP) is 2.53. The molecular formula is C9H15O. The maximum atomic E-state index is 10.8. The van der Waals surface area contributed by atoms with Gasteiger partial charge in [-0.05, 0) is 25.8 Å². The normalized spacial score (nSPS) is 10.6. The topological polar surface area (TPSA) is 17.1 Å². The molecule has 0 rings (SSSR count). The van der Waals surface area contributed by atoms with Crippen molar-refractivity contribution in [1.29, 1.82) is 0 Å². The molecule has 0 aliphatic rings. The summed E-state index contributed by atoms with van der Waals surface area (Å²) >= 11 is 0. The highest BCUT2D eigenvalue weighted by Gasteiger charge is 1.93. The van der Waals surface area contributed by atoms with Crippen molar-refractivity contribution in [2.24, 2.45) is 0 Å². The minimum Gasteiger partial charge on any atom is -0.295 e. The zero-order valence-corrected chi connectivity index (χ0v) is 6.76. The summed E-state index contributed by atoms with van der Waals surface area (Å²) in [5.74, 6) is 0.229. The third-order valence-corrected chi connectivity index (χ3v) is 1.24. The second-order valence-corrected chi connectivity index (χ2v) is 2.20. The van der Waals surface area contributed by atoms with Gasteiger partial charge >= 0.3 is 0 Å². The van der Waals surface area contributed by atoms with Crippen LogP contribution in [0.2, 0.25) is 0 Å². The van der Waals surface area contributed by atoms with Crippen LogP contribution in [0.5, 0.6) is 0 Å². The fraction of sp³-hybridized carbons (Fsp3) is 0.556. The van der Waals surface area contributed by atoms with E-state index >= 15 is 0 Å². The highest BCUT2D eigenvalue weighted by atomic mass is 16.1. The van der Waals surface area contributed by atoms with E-state index in [0.29, 0.717) is 6.42 Å². The molecule has 0 spiro atoms. The predicted molar refractivity (Wildman–Crippen MR) is 43.6 cm³/mol. The summed E-state index contributed by atoms with van der Waals surface area (Å²) in [6, 6.07) is 0. The zero-order chi connectivity index (χ0) is 7.82. The van der Waals surface area contributed by atoms with Crippen molar-refractivity contribution in [2.45, 2.75) is 33.1 Å². The molecule has 0 heterocycles. The number of carbonyl (C=O) groups is 1. The molecule has 0 aromatic carbocycles. The lowest BCUT2D eigenvalue weighted by Crippen LogP contribution is -1.91. The number of carbonyl (C=O) groups excluding carboxylic acids is 1. The minimum atomic E-state index is 0.229. The van der Waals surface area contributed by atoms with Crippen LogP contribution in [0.15, 0.2) is 12.2 Å². The van der Waals surface area contributed by atoms with E-state index < -0.39 is 0 Å². The molecule has 0 bridgehead atoms. The summed E-state index contributed by atoms with van der Waals surface area (Å²) in [7, 11) is 0. The molecule has 0 amide bonds. The van der Waals surface area contributed by atoms with E-state index in [1.54, 1.807) is 12.2 Å². The molecule has 0 aromatic heterocycles. The van der Waals surface area contributed by atoms with Crippen molar-refractivity contribution in [1.82, 2.24) is 0 Å². The lowest BCUT2D eigenvalue weighted by Gasteiger charge is -1.92. The van der Waals surface area contributed by atoms with E-state index in [-0.39, 0.29) is 5.78 Å². The maximum Gasteiger partial charge on any atom is 0.155 e. The van der Waals surface area contributed by atoms with Crippen LogP contribution in [0.25, 0.3) is 0 Å². The fourth-order valence-electron chi connectivity index (χ4n) is 0.718. The van der Waals surface area contributed by atoms with Crippen LogP contribution >= 0.6 is 0 Å².